The van der Waals surface area contributed by atoms with E-state index in [1.165, 1.54) is 12.4 Å². The van der Waals surface area contributed by atoms with Crippen LogP contribution in [-0.4, -0.2) is 20.9 Å². The van der Waals surface area contributed by atoms with Crippen molar-refractivity contribution in [2.24, 2.45) is 0 Å². The number of nitrogen functional groups attached to an aromatic ring is 1. The average Bonchev–Trinajstić information content (AvgIpc) is 2.88. The summed E-state index contributed by atoms with van der Waals surface area (Å²) in [5, 5.41) is 10.7. The van der Waals surface area contributed by atoms with Gasteiger partial charge in [0.15, 0.2) is 17.3 Å². The maximum Gasteiger partial charge on any atom is 0.196 e. The predicted molar refractivity (Wildman–Crippen MR) is 135 cm³/mol. The van der Waals surface area contributed by atoms with Crippen LogP contribution in [0.25, 0.3) is 11.3 Å². The Labute approximate surface area is 208 Å². The minimum Gasteiger partial charge on any atom is -0.485 e. The number of ether oxygens (including phenoxy) is 1. The molecule has 1 unspecified atom stereocenters. The van der Waals surface area contributed by atoms with E-state index in [0.29, 0.717) is 22.4 Å². The number of benzene rings is 3. The van der Waals surface area contributed by atoms with Crippen LogP contribution in [0, 0.1) is 5.82 Å². The monoisotopic (exact) mass is 483 g/mol. The van der Waals surface area contributed by atoms with Crippen molar-refractivity contribution in [3.05, 3.63) is 107 Å². The van der Waals surface area contributed by atoms with E-state index in [1.807, 2.05) is 12.1 Å². The number of aliphatic hydroxyl groups is 1. The molecule has 0 radical (unpaired) electrons. The molecule has 0 aliphatic heterocycles. The maximum atomic E-state index is 15.8. The first-order valence-corrected chi connectivity index (χ1v) is 11.9. The van der Waals surface area contributed by atoms with Crippen LogP contribution in [-0.2, 0) is 6.61 Å². The van der Waals surface area contributed by atoms with Crippen molar-refractivity contribution < 1.29 is 19.0 Å². The lowest BCUT2D eigenvalue weighted by atomic mass is 9.79. The molecule has 0 spiro atoms. The molecule has 1 saturated carbocycles. The molecule has 7 heteroatoms. The molecule has 4 aromatic rings. The van der Waals surface area contributed by atoms with E-state index in [4.69, 9.17) is 10.5 Å². The maximum absolute atomic E-state index is 15.8. The molecule has 1 aromatic heterocycles. The van der Waals surface area contributed by atoms with Gasteiger partial charge >= 0.3 is 0 Å². The van der Waals surface area contributed by atoms with Crippen LogP contribution in [0.5, 0.6) is 5.75 Å². The van der Waals surface area contributed by atoms with Crippen molar-refractivity contribution in [1.29, 1.82) is 0 Å². The second-order valence-corrected chi connectivity index (χ2v) is 8.92. The number of nitrogens with zero attached hydrogens (tertiary/aromatic N) is 2. The van der Waals surface area contributed by atoms with E-state index in [9.17, 15) is 9.90 Å². The van der Waals surface area contributed by atoms with E-state index in [0.717, 1.165) is 24.8 Å². The highest BCUT2D eigenvalue weighted by Crippen LogP contribution is 2.44. The summed E-state index contributed by atoms with van der Waals surface area (Å²) in [5.74, 6) is -0.335. The summed E-state index contributed by atoms with van der Waals surface area (Å²) in [6, 6.07) is 19.3. The number of carbonyl (C=O) groups is 1. The van der Waals surface area contributed by atoms with Gasteiger partial charge in [-0.05, 0) is 30.4 Å². The quantitative estimate of drug-likeness (QED) is 0.315. The number of Topliss-reactive ketones (excluding diaryl/α,β-unsaturated/α-hetero) is 1. The van der Waals surface area contributed by atoms with Crippen LogP contribution in [0.15, 0.2) is 79.1 Å². The molecule has 1 fully saturated rings. The molecular formula is C29H26FN3O3. The Bertz CT molecular complexity index is 1370. The van der Waals surface area contributed by atoms with Gasteiger partial charge < -0.3 is 15.6 Å². The number of aliphatic hydroxyl groups excluding tert-OH is 1. The molecule has 182 valence electrons. The zero-order valence-electron chi connectivity index (χ0n) is 19.6. The number of hydrogen-bond acceptors (Lipinski definition) is 6. The Balaban J connectivity index is 1.45. The number of nitrogens with two attached hydrogens (primary N) is 1. The highest BCUT2D eigenvalue weighted by molar-refractivity contribution is 6.01. The van der Waals surface area contributed by atoms with Crippen molar-refractivity contribution in [3.63, 3.8) is 0 Å². The Morgan fingerprint density at radius 3 is 2.47 bits per heavy atom. The van der Waals surface area contributed by atoms with Crippen LogP contribution in [0.2, 0.25) is 0 Å². The summed E-state index contributed by atoms with van der Waals surface area (Å²) in [6.07, 6.45) is 4.53. The molecule has 36 heavy (non-hydrogen) atoms. The van der Waals surface area contributed by atoms with Gasteiger partial charge in [-0.25, -0.2) is 9.37 Å². The van der Waals surface area contributed by atoms with E-state index in [2.05, 4.69) is 9.97 Å². The molecule has 3 N–H and O–H groups in total. The van der Waals surface area contributed by atoms with Crippen LogP contribution in [0.4, 0.5) is 10.2 Å². The first-order chi connectivity index (χ1) is 17.5. The van der Waals surface area contributed by atoms with E-state index in [-0.39, 0.29) is 29.7 Å². The summed E-state index contributed by atoms with van der Waals surface area (Å²) < 4.78 is 21.9. The molecule has 0 saturated heterocycles. The highest BCUT2D eigenvalue weighted by atomic mass is 19.1. The molecule has 1 atom stereocenters. The zero-order chi connectivity index (χ0) is 25.1. The van der Waals surface area contributed by atoms with Crippen molar-refractivity contribution in [2.45, 2.75) is 37.9 Å². The minimum absolute atomic E-state index is 0.0308. The highest BCUT2D eigenvalue weighted by Gasteiger charge is 2.28. The topological polar surface area (TPSA) is 98.3 Å². The van der Waals surface area contributed by atoms with Gasteiger partial charge in [0.2, 0.25) is 0 Å². The first-order valence-electron chi connectivity index (χ1n) is 11.9. The van der Waals surface area contributed by atoms with Crippen LogP contribution in [0.3, 0.4) is 0 Å². The lowest BCUT2D eigenvalue weighted by Crippen LogP contribution is -2.16. The molecule has 1 aliphatic carbocycles. The SMILES string of the molecule is Nc1cnc(-c2ccc(C3CCC3)c(OCc3ccccc3C(=O)C(O)c3ccccc3)c2F)cn1. The Hall–Kier alpha value is -4.10. The molecule has 0 amide bonds. The number of anilines is 1. The Kier molecular flexibility index (Phi) is 6.73. The Morgan fingerprint density at radius 1 is 1.03 bits per heavy atom. The molecule has 0 bridgehead atoms. The Morgan fingerprint density at radius 2 is 1.78 bits per heavy atom. The predicted octanol–water partition coefficient (Wildman–Crippen LogP) is 5.63. The zero-order valence-corrected chi connectivity index (χ0v) is 19.6. The smallest absolute Gasteiger partial charge is 0.196 e. The second-order valence-electron chi connectivity index (χ2n) is 8.92. The van der Waals surface area contributed by atoms with E-state index < -0.39 is 17.7 Å². The number of ketones is 1. The van der Waals surface area contributed by atoms with Crippen molar-refractivity contribution in [2.75, 3.05) is 5.73 Å². The fourth-order valence-electron chi connectivity index (χ4n) is 4.40. The summed E-state index contributed by atoms with van der Waals surface area (Å²) in [6.45, 7) is -0.0308. The van der Waals surface area contributed by atoms with Crippen LogP contribution < -0.4 is 10.5 Å². The number of hydrogen-bond donors (Lipinski definition) is 2. The lowest BCUT2D eigenvalue weighted by molar-refractivity contribution is 0.0745. The normalized spacial score (nSPS) is 14.2. The largest absolute Gasteiger partial charge is 0.485 e. The third kappa shape index (κ3) is 4.70. The van der Waals surface area contributed by atoms with Crippen LogP contribution in [0.1, 0.15) is 58.3 Å². The van der Waals surface area contributed by atoms with Gasteiger partial charge in [-0.2, -0.15) is 0 Å². The number of rotatable bonds is 8. The molecule has 6 nitrogen and oxygen atoms in total. The molecule has 1 aliphatic rings. The summed E-state index contributed by atoms with van der Waals surface area (Å²) in [4.78, 5) is 21.4. The van der Waals surface area contributed by atoms with Gasteiger partial charge in [-0.15, -0.1) is 0 Å². The van der Waals surface area contributed by atoms with E-state index >= 15 is 4.39 Å². The molecular weight excluding hydrogens is 457 g/mol. The molecule has 3 aromatic carbocycles. The van der Waals surface area contributed by atoms with Gasteiger partial charge in [0.25, 0.3) is 0 Å². The number of carbonyl (C=O) groups excluding carboxylic acids is 1. The van der Waals surface area contributed by atoms with Crippen molar-refractivity contribution >= 4 is 11.6 Å². The van der Waals surface area contributed by atoms with Gasteiger partial charge in [0, 0.05) is 22.3 Å². The molecule has 1 heterocycles. The van der Waals surface area contributed by atoms with Crippen LogP contribution >= 0.6 is 0 Å². The average molecular weight is 484 g/mol. The fourth-order valence-corrected chi connectivity index (χ4v) is 4.40. The van der Waals surface area contributed by atoms with Gasteiger partial charge in [-0.3, -0.25) is 9.78 Å². The number of aromatic nitrogens is 2. The van der Waals surface area contributed by atoms with Crippen molar-refractivity contribution in [1.82, 2.24) is 9.97 Å². The van der Waals surface area contributed by atoms with Gasteiger partial charge in [0.1, 0.15) is 18.5 Å². The summed E-state index contributed by atoms with van der Waals surface area (Å²) in [7, 11) is 0. The number of halogens is 1. The second kappa shape index (κ2) is 10.3. The minimum atomic E-state index is -1.30. The summed E-state index contributed by atoms with van der Waals surface area (Å²) >= 11 is 0. The standard InChI is InChI=1S/C29H26FN3O3/c30-26-23(24-15-33-25(31)16-32-24)14-13-22(18-10-6-11-18)29(26)36-17-20-9-4-5-12-21(20)28(35)27(34)19-7-2-1-3-8-19/h1-5,7-9,12-16,18,27,34H,6,10-11,17H2,(H2,31,33). The lowest BCUT2D eigenvalue weighted by Gasteiger charge is -2.28. The third-order valence-electron chi connectivity index (χ3n) is 6.64. The summed E-state index contributed by atoms with van der Waals surface area (Å²) in [5.41, 5.74) is 8.47. The van der Waals surface area contributed by atoms with Crippen molar-refractivity contribution in [3.8, 4) is 17.0 Å². The first kappa shape index (κ1) is 23.6. The fraction of sp³-hybridized carbons (Fsp3) is 0.207. The molecule has 5 rings (SSSR count). The third-order valence-corrected chi connectivity index (χ3v) is 6.64. The van der Waals surface area contributed by atoms with Gasteiger partial charge in [-0.1, -0.05) is 67.1 Å². The van der Waals surface area contributed by atoms with E-state index in [1.54, 1.807) is 54.6 Å². The van der Waals surface area contributed by atoms with Gasteiger partial charge in [0.05, 0.1) is 18.1 Å².